The number of hydrogen-bond donors (Lipinski definition) is 2. The summed E-state index contributed by atoms with van der Waals surface area (Å²) in [6, 6.07) is 0.274. The van der Waals surface area contributed by atoms with Crippen LogP contribution in [-0.2, 0) is 9.53 Å². The van der Waals surface area contributed by atoms with E-state index in [4.69, 9.17) is 4.74 Å². The summed E-state index contributed by atoms with van der Waals surface area (Å²) in [5.41, 5.74) is 0. The summed E-state index contributed by atoms with van der Waals surface area (Å²) >= 11 is 0. The molecular formula is C13H27IN4O2. The number of ether oxygens (including phenoxy) is 1. The molecule has 0 aliphatic carbocycles. The van der Waals surface area contributed by atoms with Gasteiger partial charge in [0.05, 0.1) is 6.61 Å². The van der Waals surface area contributed by atoms with Crippen molar-refractivity contribution in [3.63, 3.8) is 0 Å². The summed E-state index contributed by atoms with van der Waals surface area (Å²) in [5.74, 6) is 1.06. The molecule has 0 radical (unpaired) electrons. The highest BCUT2D eigenvalue weighted by Gasteiger charge is 2.27. The normalized spacial score (nSPS) is 18.9. The minimum atomic E-state index is 0. The van der Waals surface area contributed by atoms with Crippen LogP contribution in [0.1, 0.15) is 20.3 Å². The van der Waals surface area contributed by atoms with Crippen molar-refractivity contribution in [2.24, 2.45) is 10.9 Å². The molecule has 118 valence electrons. The standard InChI is InChI=1S/C13H26N4O2.HI/c1-10(2)12(18)17-7-5-11(9-17)16-13(14-3)15-6-8-19-4;/h10-11H,5-9H2,1-4H3,(H2,14,15,16);1H. The third-order valence-corrected chi connectivity index (χ3v) is 3.16. The number of hydrogen-bond acceptors (Lipinski definition) is 3. The molecule has 6 nitrogen and oxygen atoms in total. The van der Waals surface area contributed by atoms with Gasteiger partial charge in [-0.1, -0.05) is 13.8 Å². The van der Waals surface area contributed by atoms with Gasteiger partial charge in [-0.05, 0) is 6.42 Å². The van der Waals surface area contributed by atoms with Crippen molar-refractivity contribution in [3.05, 3.63) is 0 Å². The Balaban J connectivity index is 0.00000361. The first-order valence-corrected chi connectivity index (χ1v) is 6.83. The van der Waals surface area contributed by atoms with Gasteiger partial charge in [-0.25, -0.2) is 0 Å². The first kappa shape index (κ1) is 19.4. The Morgan fingerprint density at radius 2 is 2.20 bits per heavy atom. The van der Waals surface area contributed by atoms with Crippen LogP contribution in [0.2, 0.25) is 0 Å². The molecule has 1 atom stereocenters. The van der Waals surface area contributed by atoms with Gasteiger partial charge in [-0.2, -0.15) is 0 Å². The molecule has 1 fully saturated rings. The van der Waals surface area contributed by atoms with Gasteiger partial charge in [-0.3, -0.25) is 9.79 Å². The molecule has 1 amide bonds. The first-order valence-electron chi connectivity index (χ1n) is 6.83. The van der Waals surface area contributed by atoms with Crippen LogP contribution >= 0.6 is 24.0 Å². The Morgan fingerprint density at radius 1 is 1.50 bits per heavy atom. The van der Waals surface area contributed by atoms with E-state index in [1.165, 1.54) is 0 Å². The molecule has 1 aliphatic heterocycles. The van der Waals surface area contributed by atoms with Crippen molar-refractivity contribution < 1.29 is 9.53 Å². The minimum Gasteiger partial charge on any atom is -0.383 e. The molecule has 7 heteroatoms. The molecule has 0 aromatic heterocycles. The van der Waals surface area contributed by atoms with E-state index in [1.54, 1.807) is 14.2 Å². The molecule has 0 aromatic carbocycles. The average Bonchev–Trinajstić information content (AvgIpc) is 2.85. The van der Waals surface area contributed by atoms with Crippen molar-refractivity contribution in [1.29, 1.82) is 0 Å². The lowest BCUT2D eigenvalue weighted by Crippen LogP contribution is -2.46. The summed E-state index contributed by atoms with van der Waals surface area (Å²) in [6.45, 7) is 6.81. The van der Waals surface area contributed by atoms with Gasteiger partial charge in [0, 0.05) is 45.8 Å². The maximum absolute atomic E-state index is 11.9. The fourth-order valence-electron chi connectivity index (χ4n) is 2.10. The number of guanidine groups is 1. The summed E-state index contributed by atoms with van der Waals surface area (Å²) in [5, 5.41) is 6.51. The molecule has 0 bridgehead atoms. The molecule has 1 aliphatic rings. The Labute approximate surface area is 138 Å². The topological polar surface area (TPSA) is 66.0 Å². The van der Waals surface area contributed by atoms with E-state index in [2.05, 4.69) is 15.6 Å². The zero-order chi connectivity index (χ0) is 14.3. The highest BCUT2D eigenvalue weighted by molar-refractivity contribution is 14.0. The number of carbonyl (C=O) groups excluding carboxylic acids is 1. The SMILES string of the molecule is CN=C(NCCOC)NC1CCN(C(=O)C(C)C)C1.I. The van der Waals surface area contributed by atoms with Crippen molar-refractivity contribution in [2.45, 2.75) is 26.3 Å². The van der Waals surface area contributed by atoms with Crippen LogP contribution < -0.4 is 10.6 Å². The third kappa shape index (κ3) is 6.25. The molecule has 1 unspecified atom stereocenters. The Hall–Kier alpha value is -0.570. The van der Waals surface area contributed by atoms with Crippen LogP contribution in [0.25, 0.3) is 0 Å². The maximum Gasteiger partial charge on any atom is 0.225 e. The largest absolute Gasteiger partial charge is 0.383 e. The molecule has 20 heavy (non-hydrogen) atoms. The molecular weight excluding hydrogens is 371 g/mol. The number of nitrogens with one attached hydrogen (secondary N) is 2. The van der Waals surface area contributed by atoms with E-state index in [0.717, 1.165) is 32.0 Å². The van der Waals surface area contributed by atoms with Crippen LogP contribution in [0, 0.1) is 5.92 Å². The van der Waals surface area contributed by atoms with Gasteiger partial charge in [0.2, 0.25) is 5.91 Å². The Morgan fingerprint density at radius 3 is 2.75 bits per heavy atom. The van der Waals surface area contributed by atoms with Crippen molar-refractivity contribution in [2.75, 3.05) is 40.4 Å². The third-order valence-electron chi connectivity index (χ3n) is 3.16. The van der Waals surface area contributed by atoms with E-state index in [-0.39, 0.29) is 41.8 Å². The summed E-state index contributed by atoms with van der Waals surface area (Å²) in [7, 11) is 3.42. The van der Waals surface area contributed by atoms with E-state index in [1.807, 2.05) is 18.7 Å². The van der Waals surface area contributed by atoms with E-state index < -0.39 is 0 Å². The van der Waals surface area contributed by atoms with Gasteiger partial charge in [0.15, 0.2) is 5.96 Å². The number of nitrogens with zero attached hydrogens (tertiary/aromatic N) is 2. The van der Waals surface area contributed by atoms with Gasteiger partial charge in [-0.15, -0.1) is 24.0 Å². The van der Waals surface area contributed by atoms with Crippen LogP contribution in [0.5, 0.6) is 0 Å². The lowest BCUT2D eigenvalue weighted by atomic mass is 10.2. The Kier molecular flexibility index (Phi) is 9.91. The van der Waals surface area contributed by atoms with Gasteiger partial charge < -0.3 is 20.3 Å². The predicted octanol–water partition coefficient (Wildman–Crippen LogP) is 0.673. The second kappa shape index (κ2) is 10.2. The van der Waals surface area contributed by atoms with Crippen LogP contribution in [0.3, 0.4) is 0 Å². The zero-order valence-corrected chi connectivity index (χ0v) is 15.1. The highest BCUT2D eigenvalue weighted by atomic mass is 127. The molecule has 0 saturated carbocycles. The van der Waals surface area contributed by atoms with E-state index >= 15 is 0 Å². The van der Waals surface area contributed by atoms with Crippen molar-refractivity contribution in [3.8, 4) is 0 Å². The van der Waals surface area contributed by atoms with Crippen LogP contribution in [0.15, 0.2) is 4.99 Å². The number of rotatable bonds is 5. The van der Waals surface area contributed by atoms with Crippen LogP contribution in [-0.4, -0.2) is 63.2 Å². The second-order valence-electron chi connectivity index (χ2n) is 5.06. The number of methoxy groups -OCH3 is 1. The first-order chi connectivity index (χ1) is 9.08. The zero-order valence-electron chi connectivity index (χ0n) is 12.8. The van der Waals surface area contributed by atoms with Crippen LogP contribution in [0.4, 0.5) is 0 Å². The summed E-state index contributed by atoms with van der Waals surface area (Å²) < 4.78 is 4.98. The lowest BCUT2D eigenvalue weighted by molar-refractivity contribution is -0.133. The second-order valence-corrected chi connectivity index (χ2v) is 5.06. The van der Waals surface area contributed by atoms with Gasteiger partial charge in [0.25, 0.3) is 0 Å². The molecule has 1 saturated heterocycles. The van der Waals surface area contributed by atoms with Crippen molar-refractivity contribution >= 4 is 35.8 Å². The predicted molar refractivity (Wildman–Crippen MR) is 91.6 cm³/mol. The quantitative estimate of drug-likeness (QED) is 0.309. The molecule has 2 N–H and O–H groups in total. The maximum atomic E-state index is 11.9. The van der Waals surface area contributed by atoms with Crippen molar-refractivity contribution in [1.82, 2.24) is 15.5 Å². The minimum absolute atomic E-state index is 0. The Bertz CT molecular complexity index is 323. The smallest absolute Gasteiger partial charge is 0.225 e. The van der Waals surface area contributed by atoms with Gasteiger partial charge >= 0.3 is 0 Å². The lowest BCUT2D eigenvalue weighted by Gasteiger charge is -2.20. The monoisotopic (exact) mass is 398 g/mol. The number of likely N-dealkylation sites (tertiary alicyclic amines) is 1. The average molecular weight is 398 g/mol. The number of aliphatic imine (C=N–C) groups is 1. The fraction of sp³-hybridized carbons (Fsp3) is 0.846. The highest BCUT2D eigenvalue weighted by Crippen LogP contribution is 2.12. The van der Waals surface area contributed by atoms with E-state index in [0.29, 0.717) is 6.61 Å². The summed E-state index contributed by atoms with van der Waals surface area (Å²) in [6.07, 6.45) is 0.962. The summed E-state index contributed by atoms with van der Waals surface area (Å²) in [4.78, 5) is 18.0. The number of carbonyl (C=O) groups is 1. The molecule has 1 heterocycles. The van der Waals surface area contributed by atoms with E-state index in [9.17, 15) is 4.79 Å². The molecule has 0 spiro atoms. The number of amides is 1. The van der Waals surface area contributed by atoms with Gasteiger partial charge in [0.1, 0.15) is 0 Å². The number of halogens is 1. The molecule has 0 aromatic rings. The fourth-order valence-corrected chi connectivity index (χ4v) is 2.10. The molecule has 1 rings (SSSR count).